The third kappa shape index (κ3) is 2.77. The molecule has 0 radical (unpaired) electrons. The molecule has 5 rings (SSSR count). The smallest absolute Gasteiger partial charge is 0.164 e. The molecule has 2 aromatic heterocycles. The van der Waals surface area contributed by atoms with Gasteiger partial charge >= 0.3 is 0 Å². The molecular formula is C23H16N4. The van der Waals surface area contributed by atoms with Gasteiger partial charge in [-0.15, -0.1) is 0 Å². The van der Waals surface area contributed by atoms with Crippen LogP contribution in [0.25, 0.3) is 39.1 Å². The number of hydrogen-bond acceptors (Lipinski definition) is 3. The standard InChI is InChI=1S/C23H16N4/c1-2-6-17(7-3-1)19-10-11-22(20(14-19)23-25-15-24-16-26-23)27-13-12-18-8-4-5-9-21(18)27/h1-16H. The Bertz CT molecular complexity index is 1210. The van der Waals surface area contributed by atoms with E-state index in [4.69, 9.17) is 0 Å². The van der Waals surface area contributed by atoms with E-state index in [1.54, 1.807) is 0 Å². The van der Waals surface area contributed by atoms with Crippen LogP contribution in [0.3, 0.4) is 0 Å². The van der Waals surface area contributed by atoms with Crippen LogP contribution in [0, 0.1) is 0 Å². The van der Waals surface area contributed by atoms with Crippen molar-refractivity contribution in [3.8, 4) is 28.2 Å². The summed E-state index contributed by atoms with van der Waals surface area (Å²) in [6.45, 7) is 0. The van der Waals surface area contributed by atoms with Crippen molar-refractivity contribution in [3.63, 3.8) is 0 Å². The summed E-state index contributed by atoms with van der Waals surface area (Å²) in [6, 6.07) is 27.2. The molecule has 0 aliphatic heterocycles. The van der Waals surface area contributed by atoms with E-state index >= 15 is 0 Å². The van der Waals surface area contributed by atoms with Crippen molar-refractivity contribution in [2.45, 2.75) is 0 Å². The lowest BCUT2D eigenvalue weighted by molar-refractivity contribution is 1.04. The summed E-state index contributed by atoms with van der Waals surface area (Å²) in [4.78, 5) is 12.8. The van der Waals surface area contributed by atoms with Crippen molar-refractivity contribution < 1.29 is 0 Å². The SMILES string of the molecule is c1ccc(-c2ccc(-n3ccc4ccccc43)c(-c3ncncn3)c2)cc1. The van der Waals surface area contributed by atoms with Gasteiger partial charge in [0, 0.05) is 11.8 Å². The van der Waals surface area contributed by atoms with E-state index in [0.29, 0.717) is 5.82 Å². The topological polar surface area (TPSA) is 43.6 Å². The number of fused-ring (bicyclic) bond motifs is 1. The molecule has 4 heteroatoms. The van der Waals surface area contributed by atoms with Crippen molar-refractivity contribution in [3.05, 3.63) is 97.7 Å². The Hall–Kier alpha value is -3.79. The van der Waals surface area contributed by atoms with Gasteiger partial charge in [-0.2, -0.15) is 0 Å². The van der Waals surface area contributed by atoms with Gasteiger partial charge in [-0.25, -0.2) is 15.0 Å². The summed E-state index contributed by atoms with van der Waals surface area (Å²) in [5.41, 5.74) is 5.46. The molecule has 2 heterocycles. The fourth-order valence-corrected chi connectivity index (χ4v) is 3.41. The predicted molar refractivity (Wildman–Crippen MR) is 108 cm³/mol. The first-order valence-electron chi connectivity index (χ1n) is 8.78. The average Bonchev–Trinajstić information content (AvgIpc) is 3.19. The fourth-order valence-electron chi connectivity index (χ4n) is 3.41. The van der Waals surface area contributed by atoms with Crippen LogP contribution in [0.1, 0.15) is 0 Å². The van der Waals surface area contributed by atoms with Gasteiger partial charge in [0.2, 0.25) is 0 Å². The Morgan fingerprint density at radius 2 is 1.44 bits per heavy atom. The number of para-hydroxylation sites is 1. The maximum atomic E-state index is 4.40. The zero-order valence-corrected chi connectivity index (χ0v) is 14.5. The largest absolute Gasteiger partial charge is 0.316 e. The summed E-state index contributed by atoms with van der Waals surface area (Å²) in [5.74, 6) is 0.663. The molecule has 3 aromatic carbocycles. The second-order valence-corrected chi connectivity index (χ2v) is 6.30. The summed E-state index contributed by atoms with van der Waals surface area (Å²) in [7, 11) is 0. The zero-order chi connectivity index (χ0) is 18.1. The van der Waals surface area contributed by atoms with Crippen molar-refractivity contribution in [1.29, 1.82) is 0 Å². The Balaban J connectivity index is 1.76. The van der Waals surface area contributed by atoms with E-state index in [1.165, 1.54) is 18.0 Å². The van der Waals surface area contributed by atoms with E-state index in [-0.39, 0.29) is 0 Å². The number of hydrogen-bond donors (Lipinski definition) is 0. The molecule has 0 N–H and O–H groups in total. The summed E-state index contributed by atoms with van der Waals surface area (Å²) in [5, 5.41) is 1.20. The van der Waals surface area contributed by atoms with Gasteiger partial charge in [0.05, 0.1) is 11.2 Å². The van der Waals surface area contributed by atoms with Crippen molar-refractivity contribution >= 4 is 10.9 Å². The Kier molecular flexibility index (Phi) is 3.72. The minimum atomic E-state index is 0.663. The molecule has 5 aromatic rings. The molecule has 0 unspecified atom stereocenters. The highest BCUT2D eigenvalue weighted by Gasteiger charge is 2.13. The van der Waals surface area contributed by atoms with Crippen LogP contribution in [0.2, 0.25) is 0 Å². The highest BCUT2D eigenvalue weighted by Crippen LogP contribution is 2.32. The Morgan fingerprint density at radius 3 is 2.30 bits per heavy atom. The van der Waals surface area contributed by atoms with Crippen molar-refractivity contribution in [1.82, 2.24) is 19.5 Å². The number of aromatic nitrogens is 4. The van der Waals surface area contributed by atoms with Crippen LogP contribution in [-0.4, -0.2) is 19.5 Å². The summed E-state index contributed by atoms with van der Waals surface area (Å²) < 4.78 is 2.18. The molecule has 4 nitrogen and oxygen atoms in total. The third-order valence-corrected chi connectivity index (χ3v) is 4.70. The number of nitrogens with zero attached hydrogens (tertiary/aromatic N) is 4. The van der Waals surface area contributed by atoms with Crippen LogP contribution < -0.4 is 0 Å². The molecule has 0 amide bonds. The Labute approximate surface area is 156 Å². The third-order valence-electron chi connectivity index (χ3n) is 4.70. The van der Waals surface area contributed by atoms with E-state index in [9.17, 15) is 0 Å². The number of rotatable bonds is 3. The van der Waals surface area contributed by atoms with E-state index < -0.39 is 0 Å². The molecule has 0 saturated heterocycles. The second-order valence-electron chi connectivity index (χ2n) is 6.30. The van der Waals surface area contributed by atoms with Gasteiger partial charge in [0.25, 0.3) is 0 Å². The molecule has 128 valence electrons. The average molecular weight is 348 g/mol. The first-order chi connectivity index (χ1) is 13.4. The van der Waals surface area contributed by atoms with Gasteiger partial charge in [-0.3, -0.25) is 0 Å². The normalized spacial score (nSPS) is 11.0. The minimum Gasteiger partial charge on any atom is -0.316 e. The maximum absolute atomic E-state index is 4.40. The Morgan fingerprint density at radius 1 is 0.667 bits per heavy atom. The monoisotopic (exact) mass is 348 g/mol. The first kappa shape index (κ1) is 15.5. The van der Waals surface area contributed by atoms with E-state index in [0.717, 1.165) is 27.9 Å². The van der Waals surface area contributed by atoms with Crippen LogP contribution in [0.4, 0.5) is 0 Å². The van der Waals surface area contributed by atoms with Crippen LogP contribution in [0.5, 0.6) is 0 Å². The quantitative estimate of drug-likeness (QED) is 0.453. The van der Waals surface area contributed by atoms with Gasteiger partial charge in [-0.05, 0) is 40.8 Å². The van der Waals surface area contributed by atoms with Crippen molar-refractivity contribution in [2.24, 2.45) is 0 Å². The summed E-state index contributed by atoms with van der Waals surface area (Å²) >= 11 is 0. The lowest BCUT2D eigenvalue weighted by Crippen LogP contribution is -1.99. The lowest BCUT2D eigenvalue weighted by Gasteiger charge is -2.13. The molecule has 0 fully saturated rings. The van der Waals surface area contributed by atoms with Gasteiger partial charge in [-0.1, -0.05) is 54.6 Å². The van der Waals surface area contributed by atoms with Crippen LogP contribution in [0.15, 0.2) is 97.7 Å². The molecular weight excluding hydrogens is 332 g/mol. The lowest BCUT2D eigenvalue weighted by atomic mass is 10.0. The molecule has 0 spiro atoms. The van der Waals surface area contributed by atoms with E-state index in [1.807, 2.05) is 18.2 Å². The zero-order valence-electron chi connectivity index (χ0n) is 14.5. The summed E-state index contributed by atoms with van der Waals surface area (Å²) in [6.07, 6.45) is 5.16. The maximum Gasteiger partial charge on any atom is 0.164 e. The molecule has 0 atom stereocenters. The first-order valence-corrected chi connectivity index (χ1v) is 8.78. The van der Waals surface area contributed by atoms with Gasteiger partial charge in [0.1, 0.15) is 12.7 Å². The van der Waals surface area contributed by atoms with Gasteiger partial charge < -0.3 is 4.57 Å². The molecule has 0 saturated carbocycles. The number of benzene rings is 3. The van der Waals surface area contributed by atoms with Crippen molar-refractivity contribution in [2.75, 3.05) is 0 Å². The van der Waals surface area contributed by atoms with Crippen LogP contribution in [-0.2, 0) is 0 Å². The highest BCUT2D eigenvalue weighted by molar-refractivity contribution is 5.85. The fraction of sp³-hybridized carbons (Fsp3) is 0. The molecule has 0 aliphatic rings. The second kappa shape index (κ2) is 6.50. The highest BCUT2D eigenvalue weighted by atomic mass is 15.0. The van der Waals surface area contributed by atoms with Gasteiger partial charge in [0.15, 0.2) is 5.82 Å². The molecule has 27 heavy (non-hydrogen) atoms. The minimum absolute atomic E-state index is 0.663. The predicted octanol–water partition coefficient (Wildman–Crippen LogP) is 5.15. The van der Waals surface area contributed by atoms with E-state index in [2.05, 4.69) is 86.4 Å². The van der Waals surface area contributed by atoms with Crippen LogP contribution >= 0.6 is 0 Å². The molecule has 0 bridgehead atoms. The molecule has 0 aliphatic carbocycles.